The van der Waals surface area contributed by atoms with Gasteiger partial charge >= 0.3 is 5.97 Å². The first-order chi connectivity index (χ1) is 12.9. The second-order valence-corrected chi connectivity index (χ2v) is 8.43. The first kappa shape index (κ1) is 22.0. The van der Waals surface area contributed by atoms with E-state index in [0.29, 0.717) is 23.5 Å². The van der Waals surface area contributed by atoms with Gasteiger partial charge in [-0.2, -0.15) is 4.39 Å². The number of esters is 1. The number of ether oxygens (including phenoxy) is 3. The summed E-state index contributed by atoms with van der Waals surface area (Å²) in [6.07, 6.45) is 2.42. The van der Waals surface area contributed by atoms with E-state index in [4.69, 9.17) is 14.2 Å². The van der Waals surface area contributed by atoms with E-state index in [1.807, 2.05) is 19.9 Å². The molecular formula is C23H31FO4. The van der Waals surface area contributed by atoms with Gasteiger partial charge in [0.15, 0.2) is 0 Å². The van der Waals surface area contributed by atoms with E-state index in [9.17, 15) is 9.18 Å². The third kappa shape index (κ3) is 4.40. The minimum atomic E-state index is -0.955. The van der Waals surface area contributed by atoms with Crippen LogP contribution in [0.1, 0.15) is 66.0 Å². The fourth-order valence-corrected chi connectivity index (χ4v) is 3.40. The van der Waals surface area contributed by atoms with Crippen LogP contribution < -0.4 is 9.47 Å². The van der Waals surface area contributed by atoms with Crippen molar-refractivity contribution in [2.24, 2.45) is 5.41 Å². The predicted octanol–water partition coefficient (Wildman–Crippen LogP) is 5.95. The number of methoxy groups -OCH3 is 1. The predicted molar refractivity (Wildman–Crippen MR) is 110 cm³/mol. The van der Waals surface area contributed by atoms with E-state index in [1.54, 1.807) is 19.9 Å². The molecule has 0 fully saturated rings. The van der Waals surface area contributed by atoms with E-state index < -0.39 is 17.4 Å². The Morgan fingerprint density at radius 2 is 1.86 bits per heavy atom. The molecule has 0 aliphatic carbocycles. The van der Waals surface area contributed by atoms with E-state index >= 15 is 0 Å². The smallest absolute Gasteiger partial charge is 0.367 e. The Morgan fingerprint density at radius 3 is 2.36 bits per heavy atom. The molecule has 0 saturated carbocycles. The molecule has 5 heteroatoms. The second kappa shape index (κ2) is 7.98. The van der Waals surface area contributed by atoms with E-state index in [2.05, 4.69) is 26.8 Å². The minimum Gasteiger partial charge on any atom is -0.496 e. The van der Waals surface area contributed by atoms with Gasteiger partial charge in [0.1, 0.15) is 17.1 Å². The first-order valence-corrected chi connectivity index (χ1v) is 9.66. The molecule has 1 aliphatic heterocycles. The number of hydrogen-bond donors (Lipinski definition) is 0. The highest BCUT2D eigenvalue weighted by molar-refractivity contribution is 5.96. The molecule has 4 nitrogen and oxygen atoms in total. The summed E-state index contributed by atoms with van der Waals surface area (Å²) in [5.41, 5.74) is 2.17. The van der Waals surface area contributed by atoms with Gasteiger partial charge < -0.3 is 14.2 Å². The van der Waals surface area contributed by atoms with E-state index in [0.717, 1.165) is 11.1 Å². The average Bonchev–Trinajstić information content (AvgIpc) is 2.59. The van der Waals surface area contributed by atoms with Crippen LogP contribution in [0, 0.1) is 5.41 Å². The van der Waals surface area contributed by atoms with Gasteiger partial charge in [-0.25, -0.2) is 4.79 Å². The molecule has 154 valence electrons. The maximum absolute atomic E-state index is 14.8. The molecule has 0 bridgehead atoms. The topological polar surface area (TPSA) is 44.8 Å². The van der Waals surface area contributed by atoms with Crippen molar-refractivity contribution in [3.05, 3.63) is 35.2 Å². The molecule has 1 aromatic rings. The van der Waals surface area contributed by atoms with Gasteiger partial charge in [-0.15, -0.1) is 0 Å². The molecule has 0 spiro atoms. The van der Waals surface area contributed by atoms with Crippen molar-refractivity contribution in [1.82, 2.24) is 0 Å². The lowest BCUT2D eigenvalue weighted by Gasteiger charge is -2.36. The molecule has 1 heterocycles. The zero-order valence-corrected chi connectivity index (χ0v) is 18.2. The van der Waals surface area contributed by atoms with Crippen LogP contribution in [0.4, 0.5) is 4.39 Å². The highest BCUT2D eigenvalue weighted by Gasteiger charge is 2.33. The molecule has 0 aromatic heterocycles. The van der Waals surface area contributed by atoms with E-state index in [1.165, 1.54) is 7.11 Å². The van der Waals surface area contributed by atoms with Crippen molar-refractivity contribution in [3.63, 3.8) is 0 Å². The van der Waals surface area contributed by atoms with Crippen LogP contribution in [0.25, 0.3) is 11.1 Å². The van der Waals surface area contributed by atoms with Gasteiger partial charge in [-0.05, 0) is 50.3 Å². The molecule has 1 aliphatic rings. The lowest BCUT2D eigenvalue weighted by molar-refractivity contribution is -0.140. The summed E-state index contributed by atoms with van der Waals surface area (Å²) in [6, 6.07) is 3.64. The lowest BCUT2D eigenvalue weighted by atomic mass is 9.77. The van der Waals surface area contributed by atoms with Gasteiger partial charge in [0.2, 0.25) is 5.83 Å². The first-order valence-electron chi connectivity index (χ1n) is 9.66. The quantitative estimate of drug-likeness (QED) is 0.460. The van der Waals surface area contributed by atoms with E-state index in [-0.39, 0.29) is 17.6 Å². The summed E-state index contributed by atoms with van der Waals surface area (Å²) in [4.78, 5) is 12.0. The van der Waals surface area contributed by atoms with Crippen LogP contribution in [0.15, 0.2) is 24.0 Å². The maximum atomic E-state index is 14.8. The largest absolute Gasteiger partial charge is 0.496 e. The number of rotatable bonds is 5. The zero-order chi connectivity index (χ0) is 21.3. The number of allylic oxidation sites excluding steroid dienone is 2. The number of fused-ring (bicyclic) bond motifs is 1. The molecule has 1 aromatic carbocycles. The molecule has 0 amide bonds. The second-order valence-electron chi connectivity index (χ2n) is 8.43. The monoisotopic (exact) mass is 390 g/mol. The van der Waals surface area contributed by atoms with Gasteiger partial charge in [0.05, 0.1) is 13.7 Å². The number of halogens is 1. The van der Waals surface area contributed by atoms with Crippen molar-refractivity contribution >= 4 is 17.1 Å². The van der Waals surface area contributed by atoms with Crippen LogP contribution >= 0.6 is 0 Å². The van der Waals surface area contributed by atoms with Crippen LogP contribution in [-0.4, -0.2) is 25.3 Å². The fraction of sp³-hybridized carbons (Fsp3) is 0.522. The number of benzene rings is 1. The van der Waals surface area contributed by atoms with Gasteiger partial charge in [-0.3, -0.25) is 0 Å². The maximum Gasteiger partial charge on any atom is 0.367 e. The molecule has 28 heavy (non-hydrogen) atoms. The SMILES string of the molecule is CCOC(=O)/C(F)=C(/CC)c1cc2c(cc1OC)OC(C)(C)C=C2C(C)(C)C. The number of carbonyl (C=O) groups is 1. The van der Waals surface area contributed by atoms with Crippen LogP contribution in [0.3, 0.4) is 0 Å². The molecule has 0 radical (unpaired) electrons. The Bertz CT molecular complexity index is 826. The zero-order valence-electron chi connectivity index (χ0n) is 18.2. The van der Waals surface area contributed by atoms with Crippen molar-refractivity contribution in [2.45, 2.75) is 60.5 Å². The Hall–Kier alpha value is -2.30. The Balaban J connectivity index is 2.76. The Labute approximate surface area is 167 Å². The van der Waals surface area contributed by atoms with Gasteiger partial charge in [-0.1, -0.05) is 27.7 Å². The summed E-state index contributed by atoms with van der Waals surface area (Å²) < 4.78 is 31.4. The summed E-state index contributed by atoms with van der Waals surface area (Å²) in [5.74, 6) is -0.699. The molecular weight excluding hydrogens is 359 g/mol. The van der Waals surface area contributed by atoms with Crippen LogP contribution in [0.5, 0.6) is 11.5 Å². The van der Waals surface area contributed by atoms with Crippen molar-refractivity contribution in [3.8, 4) is 11.5 Å². The summed E-state index contributed by atoms with van der Waals surface area (Å²) >= 11 is 0. The third-order valence-electron chi connectivity index (χ3n) is 4.66. The Kier molecular flexibility index (Phi) is 6.27. The van der Waals surface area contributed by atoms with Crippen LogP contribution in [0.2, 0.25) is 0 Å². The third-order valence-corrected chi connectivity index (χ3v) is 4.66. The number of hydrogen-bond acceptors (Lipinski definition) is 4. The van der Waals surface area contributed by atoms with Gasteiger partial charge in [0, 0.05) is 22.8 Å². The standard InChI is InChI=1S/C23H31FO4/c1-9-14(20(24)21(25)27-10-2)15-11-16-17(22(3,4)5)13-23(6,7)28-19(16)12-18(15)26-8/h11-13H,9-10H2,1-8H3/b20-14+. The molecule has 0 unspecified atom stereocenters. The lowest BCUT2D eigenvalue weighted by Crippen LogP contribution is -2.31. The Morgan fingerprint density at radius 1 is 1.21 bits per heavy atom. The number of carbonyl (C=O) groups excluding carboxylic acids is 1. The van der Waals surface area contributed by atoms with Crippen molar-refractivity contribution in [2.75, 3.05) is 13.7 Å². The molecule has 0 N–H and O–H groups in total. The molecule has 0 saturated heterocycles. The molecule has 0 atom stereocenters. The summed E-state index contributed by atoms with van der Waals surface area (Å²) in [5, 5.41) is 0. The highest BCUT2D eigenvalue weighted by Crippen LogP contribution is 2.48. The summed E-state index contributed by atoms with van der Waals surface area (Å²) in [6.45, 7) is 13.9. The minimum absolute atomic E-state index is 0.115. The fourth-order valence-electron chi connectivity index (χ4n) is 3.40. The average molecular weight is 390 g/mol. The van der Waals surface area contributed by atoms with Crippen molar-refractivity contribution in [1.29, 1.82) is 0 Å². The van der Waals surface area contributed by atoms with Gasteiger partial charge in [0.25, 0.3) is 0 Å². The van der Waals surface area contributed by atoms with Crippen LogP contribution in [-0.2, 0) is 9.53 Å². The normalized spacial score (nSPS) is 16.4. The molecule has 2 rings (SSSR count). The summed E-state index contributed by atoms with van der Waals surface area (Å²) in [7, 11) is 1.52. The van der Waals surface area contributed by atoms with Crippen molar-refractivity contribution < 1.29 is 23.4 Å². The highest BCUT2D eigenvalue weighted by atomic mass is 19.1.